The van der Waals surface area contributed by atoms with Crippen molar-refractivity contribution in [3.63, 3.8) is 0 Å². The van der Waals surface area contributed by atoms with Gasteiger partial charge in [0.15, 0.2) is 0 Å². The summed E-state index contributed by atoms with van der Waals surface area (Å²) in [5.41, 5.74) is 0.218. The Morgan fingerprint density at radius 2 is 0.500 bits per heavy atom. The van der Waals surface area contributed by atoms with Gasteiger partial charge in [-0.2, -0.15) is 0 Å². The molecule has 0 radical (unpaired) electrons. The zero-order valence-electron chi connectivity index (χ0n) is 59.5. The highest BCUT2D eigenvalue weighted by molar-refractivity contribution is 5.12. The molecule has 20 nitrogen and oxygen atoms in total. The van der Waals surface area contributed by atoms with E-state index in [0.717, 1.165) is 25.0 Å². The number of hydrogen-bond acceptors (Lipinski definition) is 20. The minimum Gasteiger partial charge on any atom is -0.379 e. The highest BCUT2D eigenvalue weighted by Gasteiger charge is 2.64. The first-order valence-corrected chi connectivity index (χ1v) is 33.9. The van der Waals surface area contributed by atoms with Crippen molar-refractivity contribution in [2.75, 3.05) is 80.0 Å². The zero-order valence-corrected chi connectivity index (χ0v) is 59.5. The summed E-state index contributed by atoms with van der Waals surface area (Å²) < 4.78 is 114. The third kappa shape index (κ3) is 27.1. The van der Waals surface area contributed by atoms with Gasteiger partial charge in [-0.15, -0.1) is 0 Å². The summed E-state index contributed by atoms with van der Waals surface area (Å²) in [4.78, 5) is 0. The smallest absolute Gasteiger partial charge is 0.147 e. The number of rotatable bonds is 27. The second-order valence-electron chi connectivity index (χ2n) is 28.8. The molecular formula is C68H130O20. The molecule has 0 spiro atoms. The maximum atomic E-state index is 6.05. The molecule has 0 N–H and O–H groups in total. The Labute approximate surface area is 533 Å². The second kappa shape index (κ2) is 39.9. The predicted octanol–water partition coefficient (Wildman–Crippen LogP) is 11.3. The van der Waals surface area contributed by atoms with Crippen LogP contribution in [0, 0.1) is 22.7 Å². The Hall–Kier alpha value is -0.800. The number of ether oxygens (including phenoxy) is 20. The van der Waals surface area contributed by atoms with Crippen molar-refractivity contribution in [2.45, 2.75) is 338 Å². The molecule has 10 unspecified atom stereocenters. The quantitative estimate of drug-likeness (QED) is 0.0755. The van der Waals surface area contributed by atoms with Crippen molar-refractivity contribution in [3.05, 3.63) is 0 Å². The van der Waals surface area contributed by atoms with Crippen LogP contribution in [0.5, 0.6) is 0 Å². The van der Waals surface area contributed by atoms with E-state index < -0.39 is 0 Å². The van der Waals surface area contributed by atoms with Crippen LogP contribution in [0.4, 0.5) is 0 Å². The average molecular weight is 1270 g/mol. The van der Waals surface area contributed by atoms with E-state index >= 15 is 0 Å². The van der Waals surface area contributed by atoms with E-state index in [4.69, 9.17) is 94.7 Å². The standard InChI is InChI=1S/2C14H26O6.2C14H28O2.C12H22O4/c1-9(2)15-5-11-13-14(20-7-17-11)12(18-8-19-13)6-16-10(3)4;1-9(2)15-5-11-13(19-7-17-11)14-12(18-8-20-14)6-16-10(3)4;1-9(2)15-11-13(5,6)12(14(11,7)8)16-10(3)4;1-11(2)15-9-13-5-7-14(8-6-13)10-16-12(3)4;1-7(2)15-9-5-13-12-10(16-8(3)4)6-14-11(9)12/h2*9-14H,5-8H2,1-4H3;9-12H,1-8H3;11-14H,5-10H2,1-4H3;7-12H,5-6H2,1-4H3/t;;;;9?,10?,11-,12-/m....0/s1. The van der Waals surface area contributed by atoms with Gasteiger partial charge in [-0.1, -0.05) is 27.7 Å². The lowest BCUT2D eigenvalue weighted by atomic mass is 9.50. The molecule has 2 saturated carbocycles. The van der Waals surface area contributed by atoms with Crippen LogP contribution >= 0.6 is 0 Å². The average Bonchev–Trinajstić information content (AvgIpc) is 0.993. The van der Waals surface area contributed by atoms with Gasteiger partial charge < -0.3 is 94.7 Å². The Kier molecular flexibility index (Phi) is 36.1. The van der Waals surface area contributed by atoms with E-state index in [-0.39, 0.29) is 172 Å². The molecule has 8 fully saturated rings. The van der Waals surface area contributed by atoms with Crippen LogP contribution < -0.4 is 0 Å². The van der Waals surface area contributed by atoms with Crippen molar-refractivity contribution in [3.8, 4) is 0 Å². The summed E-state index contributed by atoms with van der Waals surface area (Å²) in [6.45, 7) is 56.1. The van der Waals surface area contributed by atoms with E-state index in [0.29, 0.717) is 51.8 Å². The fraction of sp³-hybridized carbons (Fsp3) is 1.00. The normalized spacial score (nSPS) is 33.3. The summed E-state index contributed by atoms with van der Waals surface area (Å²) in [5, 5.41) is 0. The molecule has 6 aliphatic heterocycles. The lowest BCUT2D eigenvalue weighted by molar-refractivity contribution is -0.332. The SMILES string of the molecule is CC(C)OC1C(C)(C)C(OC(C)C)C1(C)C.CC(C)OC1CO[C@H]2C(OC(C)C)CO[C@@H]12.CC(C)OCC1CCC(COC(C)C)CC1.CC(C)OCC1OCOC1C1OCOC1COC(C)C.CC(C)OCC1OCOC2C(COC(C)C)OCOC12. The number of fused-ring (bicyclic) bond motifs is 2. The van der Waals surface area contributed by atoms with E-state index in [1.807, 2.05) is 83.1 Å². The van der Waals surface area contributed by atoms with Crippen LogP contribution in [0.15, 0.2) is 0 Å². The Bertz CT molecular complexity index is 1650. The van der Waals surface area contributed by atoms with Gasteiger partial charge in [0.05, 0.1) is 113 Å². The van der Waals surface area contributed by atoms with Crippen molar-refractivity contribution >= 4 is 0 Å². The topological polar surface area (TPSA) is 185 Å². The molecule has 6 saturated heterocycles. The van der Waals surface area contributed by atoms with Gasteiger partial charge in [0.25, 0.3) is 0 Å². The first-order chi connectivity index (χ1) is 41.4. The molecule has 0 aromatic heterocycles. The third-order valence-electron chi connectivity index (χ3n) is 16.3. The maximum Gasteiger partial charge on any atom is 0.147 e. The Balaban J connectivity index is 0.000000236. The van der Waals surface area contributed by atoms with Gasteiger partial charge in [0.2, 0.25) is 0 Å². The maximum absolute atomic E-state index is 6.05. The van der Waals surface area contributed by atoms with Crippen LogP contribution in [0.25, 0.3) is 0 Å². The van der Waals surface area contributed by atoms with Crippen LogP contribution in [0.3, 0.4) is 0 Å². The van der Waals surface area contributed by atoms with E-state index in [9.17, 15) is 0 Å². The molecule has 522 valence electrons. The van der Waals surface area contributed by atoms with Crippen LogP contribution in [0.1, 0.15) is 192 Å². The fourth-order valence-corrected chi connectivity index (χ4v) is 12.5. The van der Waals surface area contributed by atoms with Gasteiger partial charge in [-0.25, -0.2) is 0 Å². The lowest BCUT2D eigenvalue weighted by Gasteiger charge is -2.63. The van der Waals surface area contributed by atoms with E-state index in [1.165, 1.54) is 25.7 Å². The fourth-order valence-electron chi connectivity index (χ4n) is 12.5. The summed E-state index contributed by atoms with van der Waals surface area (Å²) in [6.07, 6.45) is 7.29. The Morgan fingerprint density at radius 1 is 0.273 bits per heavy atom. The number of hydrogen-bond donors (Lipinski definition) is 0. The predicted molar refractivity (Wildman–Crippen MR) is 338 cm³/mol. The molecule has 8 rings (SSSR count). The van der Waals surface area contributed by atoms with Gasteiger partial charge in [0.1, 0.15) is 100 Å². The van der Waals surface area contributed by atoms with Gasteiger partial charge >= 0.3 is 0 Å². The monoisotopic (exact) mass is 1270 g/mol. The first-order valence-electron chi connectivity index (χ1n) is 33.9. The van der Waals surface area contributed by atoms with Crippen molar-refractivity contribution in [2.24, 2.45) is 22.7 Å². The second-order valence-corrected chi connectivity index (χ2v) is 28.8. The minimum atomic E-state index is -0.169. The summed E-state index contributed by atoms with van der Waals surface area (Å²) >= 11 is 0. The third-order valence-corrected chi connectivity index (χ3v) is 16.3. The molecule has 0 bridgehead atoms. The molecule has 8 aliphatic rings. The molecular weight excluding hydrogens is 1140 g/mol. The highest BCUT2D eigenvalue weighted by atomic mass is 16.8. The lowest BCUT2D eigenvalue weighted by Crippen LogP contribution is -2.69. The van der Waals surface area contributed by atoms with Crippen LogP contribution in [0.2, 0.25) is 0 Å². The summed E-state index contributed by atoms with van der Waals surface area (Å²) in [7, 11) is 0. The summed E-state index contributed by atoms with van der Waals surface area (Å²) in [6, 6.07) is 0. The molecule has 6 heterocycles. The van der Waals surface area contributed by atoms with Crippen molar-refractivity contribution in [1.82, 2.24) is 0 Å². The van der Waals surface area contributed by atoms with Crippen LogP contribution in [-0.4, -0.2) is 227 Å². The Morgan fingerprint density at radius 3 is 0.716 bits per heavy atom. The molecule has 12 atom stereocenters. The van der Waals surface area contributed by atoms with Crippen LogP contribution in [-0.2, 0) is 94.7 Å². The summed E-state index contributed by atoms with van der Waals surface area (Å²) in [5.74, 6) is 1.58. The van der Waals surface area contributed by atoms with E-state index in [2.05, 4.69) is 83.1 Å². The molecule has 2 aliphatic carbocycles. The molecule has 88 heavy (non-hydrogen) atoms. The van der Waals surface area contributed by atoms with E-state index in [1.54, 1.807) is 0 Å². The molecule has 20 heteroatoms. The minimum absolute atomic E-state index is 0.0474. The largest absolute Gasteiger partial charge is 0.379 e. The zero-order chi connectivity index (χ0) is 65.5. The molecule has 0 aromatic carbocycles. The molecule has 0 aromatic rings. The highest BCUT2D eigenvalue weighted by Crippen LogP contribution is 2.58. The van der Waals surface area contributed by atoms with Crippen molar-refractivity contribution < 1.29 is 94.7 Å². The first kappa shape index (κ1) is 79.6. The van der Waals surface area contributed by atoms with Gasteiger partial charge in [0, 0.05) is 24.0 Å². The van der Waals surface area contributed by atoms with Gasteiger partial charge in [-0.05, 0) is 176 Å². The van der Waals surface area contributed by atoms with Gasteiger partial charge in [-0.3, -0.25) is 0 Å². The van der Waals surface area contributed by atoms with Crippen molar-refractivity contribution in [1.29, 1.82) is 0 Å². The molecule has 0 amide bonds.